The highest BCUT2D eigenvalue weighted by Gasteiger charge is 2.12. The van der Waals surface area contributed by atoms with Gasteiger partial charge in [-0.15, -0.1) is 11.8 Å². The highest BCUT2D eigenvalue weighted by Crippen LogP contribution is 2.25. The Bertz CT molecular complexity index is 433. The number of carbonyl (C=O) groups excluding carboxylic acids is 1. The van der Waals surface area contributed by atoms with E-state index in [-0.39, 0.29) is 17.3 Å². The Kier molecular flexibility index (Phi) is 4.84. The minimum atomic E-state index is -1.05. The number of carbonyl (C=O) groups is 2. The maximum Gasteiger partial charge on any atom is 0.336 e. The standard InChI is InChI=1S/C11H13NO4S/c1-2-16-10(13)6-17-9-5-7(12)3-4-8(9)11(14)15/h3-5H,2,6,12H2,1H3,(H,14,15). The van der Waals surface area contributed by atoms with Crippen LogP contribution >= 0.6 is 11.8 Å². The molecule has 1 aromatic rings. The predicted octanol–water partition coefficient (Wildman–Crippen LogP) is 1.62. The second kappa shape index (κ2) is 6.15. The zero-order valence-electron chi connectivity index (χ0n) is 9.30. The molecule has 0 bridgehead atoms. The topological polar surface area (TPSA) is 89.6 Å². The number of nitrogens with two attached hydrogens (primary N) is 1. The monoisotopic (exact) mass is 255 g/mol. The van der Waals surface area contributed by atoms with Crippen molar-refractivity contribution >= 4 is 29.4 Å². The first-order chi connectivity index (χ1) is 8.04. The van der Waals surface area contributed by atoms with Gasteiger partial charge in [0.25, 0.3) is 0 Å². The molecule has 0 radical (unpaired) electrons. The van der Waals surface area contributed by atoms with E-state index in [0.29, 0.717) is 17.2 Å². The summed E-state index contributed by atoms with van der Waals surface area (Å²) in [5.41, 5.74) is 6.16. The molecule has 0 unspecified atom stereocenters. The highest BCUT2D eigenvalue weighted by atomic mass is 32.2. The smallest absolute Gasteiger partial charge is 0.336 e. The highest BCUT2D eigenvalue weighted by molar-refractivity contribution is 8.00. The predicted molar refractivity (Wildman–Crippen MR) is 65.2 cm³/mol. The van der Waals surface area contributed by atoms with Gasteiger partial charge >= 0.3 is 11.9 Å². The molecular formula is C11H13NO4S. The van der Waals surface area contributed by atoms with E-state index in [4.69, 9.17) is 15.6 Å². The van der Waals surface area contributed by atoms with Gasteiger partial charge in [-0.05, 0) is 25.1 Å². The molecule has 0 aliphatic carbocycles. The zero-order chi connectivity index (χ0) is 12.8. The fourth-order valence-electron chi connectivity index (χ4n) is 1.17. The van der Waals surface area contributed by atoms with Crippen LogP contribution in [0.3, 0.4) is 0 Å². The summed E-state index contributed by atoms with van der Waals surface area (Å²) in [6.07, 6.45) is 0. The van der Waals surface area contributed by atoms with Gasteiger partial charge in [0.05, 0.1) is 17.9 Å². The van der Waals surface area contributed by atoms with Crippen molar-refractivity contribution in [3.05, 3.63) is 23.8 Å². The Morgan fingerprint density at radius 2 is 2.18 bits per heavy atom. The lowest BCUT2D eigenvalue weighted by molar-refractivity contribution is -0.139. The molecule has 0 spiro atoms. The summed E-state index contributed by atoms with van der Waals surface area (Å²) < 4.78 is 4.76. The lowest BCUT2D eigenvalue weighted by atomic mass is 10.2. The SMILES string of the molecule is CCOC(=O)CSc1cc(N)ccc1C(=O)O. The summed E-state index contributed by atoms with van der Waals surface area (Å²) in [6.45, 7) is 2.02. The largest absolute Gasteiger partial charge is 0.478 e. The van der Waals surface area contributed by atoms with Crippen LogP contribution in [0, 0.1) is 0 Å². The molecule has 1 aromatic carbocycles. The van der Waals surface area contributed by atoms with Gasteiger partial charge in [0, 0.05) is 10.6 Å². The fraction of sp³-hybridized carbons (Fsp3) is 0.273. The van der Waals surface area contributed by atoms with Crippen LogP contribution in [-0.4, -0.2) is 29.4 Å². The van der Waals surface area contributed by atoms with Crippen molar-refractivity contribution < 1.29 is 19.4 Å². The van der Waals surface area contributed by atoms with E-state index in [1.54, 1.807) is 6.92 Å². The summed E-state index contributed by atoms with van der Waals surface area (Å²) in [4.78, 5) is 22.6. The molecule has 3 N–H and O–H groups in total. The molecule has 0 amide bonds. The molecule has 6 heteroatoms. The molecule has 0 saturated carbocycles. The number of nitrogen functional groups attached to an aromatic ring is 1. The van der Waals surface area contributed by atoms with Gasteiger partial charge < -0.3 is 15.6 Å². The average molecular weight is 255 g/mol. The van der Waals surface area contributed by atoms with Gasteiger partial charge in [-0.3, -0.25) is 4.79 Å². The molecule has 5 nitrogen and oxygen atoms in total. The van der Waals surface area contributed by atoms with Crippen LogP contribution < -0.4 is 5.73 Å². The van der Waals surface area contributed by atoms with Crippen LogP contribution in [0.25, 0.3) is 0 Å². The van der Waals surface area contributed by atoms with Crippen LogP contribution in [-0.2, 0) is 9.53 Å². The summed E-state index contributed by atoms with van der Waals surface area (Å²) in [6, 6.07) is 4.47. The van der Waals surface area contributed by atoms with Gasteiger partial charge in [-0.25, -0.2) is 4.79 Å². The number of benzene rings is 1. The Balaban J connectivity index is 2.78. The van der Waals surface area contributed by atoms with Gasteiger partial charge in [0.15, 0.2) is 0 Å². The number of carboxylic acid groups (broad SMARTS) is 1. The summed E-state index contributed by atoms with van der Waals surface area (Å²) in [5.74, 6) is -1.36. The first-order valence-electron chi connectivity index (χ1n) is 4.95. The first-order valence-corrected chi connectivity index (χ1v) is 5.94. The van der Waals surface area contributed by atoms with Crippen LogP contribution in [0.1, 0.15) is 17.3 Å². The van der Waals surface area contributed by atoms with Gasteiger partial charge in [0.2, 0.25) is 0 Å². The molecule has 0 saturated heterocycles. The first kappa shape index (κ1) is 13.4. The summed E-state index contributed by atoms with van der Waals surface area (Å²) in [5, 5.41) is 8.95. The van der Waals surface area contributed by atoms with E-state index in [0.717, 1.165) is 11.8 Å². The fourth-order valence-corrected chi connectivity index (χ4v) is 2.06. The third kappa shape index (κ3) is 3.99. The molecule has 0 atom stereocenters. The Hall–Kier alpha value is -1.69. The molecule has 92 valence electrons. The van der Waals surface area contributed by atoms with Crippen molar-refractivity contribution in [3.8, 4) is 0 Å². The molecule has 17 heavy (non-hydrogen) atoms. The van der Waals surface area contributed by atoms with Crippen molar-refractivity contribution in [2.24, 2.45) is 0 Å². The number of thioether (sulfide) groups is 1. The zero-order valence-corrected chi connectivity index (χ0v) is 10.1. The number of hydrogen-bond donors (Lipinski definition) is 2. The lowest BCUT2D eigenvalue weighted by Gasteiger charge is -2.06. The third-order valence-corrected chi connectivity index (χ3v) is 2.92. The Labute approximate surface area is 103 Å². The second-order valence-electron chi connectivity index (χ2n) is 3.15. The molecule has 0 aliphatic heterocycles. The van der Waals surface area contributed by atoms with E-state index in [2.05, 4.69) is 0 Å². The van der Waals surface area contributed by atoms with Crippen molar-refractivity contribution in [3.63, 3.8) is 0 Å². The van der Waals surface area contributed by atoms with Gasteiger partial charge in [-0.1, -0.05) is 0 Å². The maximum atomic E-state index is 11.2. The molecule has 0 fully saturated rings. The molecular weight excluding hydrogens is 242 g/mol. The van der Waals surface area contributed by atoms with E-state index in [9.17, 15) is 9.59 Å². The van der Waals surface area contributed by atoms with E-state index >= 15 is 0 Å². The van der Waals surface area contributed by atoms with Crippen LogP contribution in [0.4, 0.5) is 5.69 Å². The van der Waals surface area contributed by atoms with E-state index in [1.165, 1.54) is 18.2 Å². The molecule has 1 rings (SSSR count). The minimum Gasteiger partial charge on any atom is -0.478 e. The third-order valence-electron chi connectivity index (χ3n) is 1.89. The van der Waals surface area contributed by atoms with E-state index in [1.807, 2.05) is 0 Å². The number of aromatic carboxylic acids is 1. The maximum absolute atomic E-state index is 11.2. The van der Waals surface area contributed by atoms with Gasteiger partial charge in [0.1, 0.15) is 0 Å². The normalized spacial score (nSPS) is 9.94. The Morgan fingerprint density at radius 1 is 1.47 bits per heavy atom. The van der Waals surface area contributed by atoms with Gasteiger partial charge in [-0.2, -0.15) is 0 Å². The lowest BCUT2D eigenvalue weighted by Crippen LogP contribution is -2.07. The van der Waals surface area contributed by atoms with Crippen molar-refractivity contribution in [1.82, 2.24) is 0 Å². The molecule has 0 aromatic heterocycles. The van der Waals surface area contributed by atoms with Crippen molar-refractivity contribution in [2.45, 2.75) is 11.8 Å². The minimum absolute atomic E-state index is 0.0670. The number of rotatable bonds is 5. The van der Waals surface area contributed by atoms with E-state index < -0.39 is 5.97 Å². The summed E-state index contributed by atoms with van der Waals surface area (Å²) >= 11 is 1.10. The second-order valence-corrected chi connectivity index (χ2v) is 4.17. The quantitative estimate of drug-likeness (QED) is 0.472. The number of esters is 1. The van der Waals surface area contributed by atoms with Crippen molar-refractivity contribution in [2.75, 3.05) is 18.1 Å². The number of ether oxygens (including phenoxy) is 1. The van der Waals surface area contributed by atoms with Crippen LogP contribution in [0.5, 0.6) is 0 Å². The van der Waals surface area contributed by atoms with Crippen LogP contribution in [0.15, 0.2) is 23.1 Å². The molecule has 0 heterocycles. The Morgan fingerprint density at radius 3 is 2.76 bits per heavy atom. The molecule has 0 aliphatic rings. The van der Waals surface area contributed by atoms with Crippen molar-refractivity contribution in [1.29, 1.82) is 0 Å². The van der Waals surface area contributed by atoms with Crippen LogP contribution in [0.2, 0.25) is 0 Å². The average Bonchev–Trinajstić information content (AvgIpc) is 2.26. The number of hydrogen-bond acceptors (Lipinski definition) is 5. The summed E-state index contributed by atoms with van der Waals surface area (Å²) in [7, 11) is 0. The number of carboxylic acids is 1. The number of anilines is 1.